The summed E-state index contributed by atoms with van der Waals surface area (Å²) < 4.78 is 0. The van der Waals surface area contributed by atoms with Crippen LogP contribution in [-0.4, -0.2) is 10.8 Å². The number of hydrogen-bond donors (Lipinski definition) is 0. The molecular formula is C32H41NO. The van der Waals surface area contributed by atoms with Crippen LogP contribution in [0.5, 0.6) is 0 Å². The monoisotopic (exact) mass is 455 g/mol. The molecule has 0 spiro atoms. The number of aryl methyl sites for hydroxylation is 1. The van der Waals surface area contributed by atoms with E-state index in [0.29, 0.717) is 12.5 Å². The molecule has 1 aliphatic rings. The summed E-state index contributed by atoms with van der Waals surface area (Å²) in [7, 11) is 0. The summed E-state index contributed by atoms with van der Waals surface area (Å²) >= 11 is 0. The van der Waals surface area contributed by atoms with E-state index in [9.17, 15) is 4.79 Å². The number of carbonyl (C=O) groups excluding carboxylic acids is 1. The molecule has 0 heterocycles. The van der Waals surface area contributed by atoms with Crippen LogP contribution in [0, 0.1) is 5.92 Å². The van der Waals surface area contributed by atoms with Gasteiger partial charge in [-0.05, 0) is 59.6 Å². The minimum Gasteiger partial charge on any atom is -0.327 e. The Morgan fingerprint density at radius 3 is 2.12 bits per heavy atom. The number of benzene rings is 3. The highest BCUT2D eigenvalue weighted by Gasteiger charge is 2.37. The van der Waals surface area contributed by atoms with Gasteiger partial charge < -0.3 is 4.90 Å². The standard InChI is InChI=1S/C29H33NO.C3H8/c1-3-5-11-22-16-18-25(19-17-22)29(31)30(21-23-12-7-6-8-13-23)28-24(4-2)20-26-14-9-10-15-27(26)28;1-3-2/h6-10,12-19,24,28H,3-5,11,20-21H2,1-2H3;3H2,1-2H3. The van der Waals surface area contributed by atoms with Crippen LogP contribution in [-0.2, 0) is 19.4 Å². The largest absolute Gasteiger partial charge is 0.327 e. The van der Waals surface area contributed by atoms with Crippen molar-refractivity contribution in [2.45, 2.75) is 78.8 Å². The number of rotatable bonds is 8. The first-order valence-corrected chi connectivity index (χ1v) is 13.1. The zero-order valence-electron chi connectivity index (χ0n) is 21.5. The van der Waals surface area contributed by atoms with Crippen molar-refractivity contribution < 1.29 is 4.79 Å². The molecule has 0 saturated heterocycles. The zero-order chi connectivity index (χ0) is 24.3. The molecule has 0 radical (unpaired) electrons. The molecule has 180 valence electrons. The maximum absolute atomic E-state index is 13.9. The third kappa shape index (κ3) is 6.38. The molecule has 1 amide bonds. The van der Waals surface area contributed by atoms with Gasteiger partial charge in [0, 0.05) is 12.1 Å². The predicted octanol–water partition coefficient (Wildman–Crippen LogP) is 8.41. The molecule has 0 N–H and O–H groups in total. The summed E-state index contributed by atoms with van der Waals surface area (Å²) in [5, 5.41) is 0. The van der Waals surface area contributed by atoms with E-state index < -0.39 is 0 Å². The molecule has 3 aromatic rings. The third-order valence-electron chi connectivity index (χ3n) is 6.64. The maximum Gasteiger partial charge on any atom is 0.254 e. The van der Waals surface area contributed by atoms with Gasteiger partial charge in [-0.2, -0.15) is 0 Å². The van der Waals surface area contributed by atoms with Crippen LogP contribution in [0.3, 0.4) is 0 Å². The summed E-state index contributed by atoms with van der Waals surface area (Å²) in [4.78, 5) is 16.0. The lowest BCUT2D eigenvalue weighted by Gasteiger charge is -2.34. The number of nitrogens with zero attached hydrogens (tertiary/aromatic N) is 1. The topological polar surface area (TPSA) is 20.3 Å². The third-order valence-corrected chi connectivity index (χ3v) is 6.64. The van der Waals surface area contributed by atoms with Crippen LogP contribution in [0.25, 0.3) is 0 Å². The first kappa shape index (κ1) is 25.7. The number of amides is 1. The molecule has 0 bridgehead atoms. The molecule has 2 atom stereocenters. The first-order valence-electron chi connectivity index (χ1n) is 13.1. The van der Waals surface area contributed by atoms with Gasteiger partial charge in [0.15, 0.2) is 0 Å². The normalized spacial score (nSPS) is 16.4. The number of carbonyl (C=O) groups is 1. The molecule has 3 aromatic carbocycles. The first-order chi connectivity index (χ1) is 16.6. The Morgan fingerprint density at radius 2 is 1.47 bits per heavy atom. The quantitative estimate of drug-likeness (QED) is 0.334. The summed E-state index contributed by atoms with van der Waals surface area (Å²) in [5.74, 6) is 0.583. The summed E-state index contributed by atoms with van der Waals surface area (Å²) in [6.07, 6.45) is 6.81. The van der Waals surface area contributed by atoms with E-state index in [1.807, 2.05) is 18.2 Å². The fourth-order valence-corrected chi connectivity index (χ4v) is 4.88. The minimum atomic E-state index is 0.119. The Kier molecular flexibility index (Phi) is 9.94. The van der Waals surface area contributed by atoms with Crippen LogP contribution in [0.4, 0.5) is 0 Å². The van der Waals surface area contributed by atoms with Gasteiger partial charge in [-0.1, -0.05) is 114 Å². The Balaban J connectivity index is 0.00000103. The fourth-order valence-electron chi connectivity index (χ4n) is 4.88. The van der Waals surface area contributed by atoms with E-state index >= 15 is 0 Å². The van der Waals surface area contributed by atoms with Crippen molar-refractivity contribution >= 4 is 5.91 Å². The molecule has 1 aliphatic carbocycles. The maximum atomic E-state index is 13.9. The van der Waals surface area contributed by atoms with Gasteiger partial charge in [0.1, 0.15) is 0 Å². The average Bonchev–Trinajstić information content (AvgIpc) is 3.25. The number of hydrogen-bond acceptors (Lipinski definition) is 1. The smallest absolute Gasteiger partial charge is 0.254 e. The zero-order valence-corrected chi connectivity index (χ0v) is 21.5. The van der Waals surface area contributed by atoms with Crippen molar-refractivity contribution in [1.29, 1.82) is 0 Å². The van der Waals surface area contributed by atoms with Crippen LogP contribution in [0.2, 0.25) is 0 Å². The molecule has 2 nitrogen and oxygen atoms in total. The van der Waals surface area contributed by atoms with Gasteiger partial charge in [-0.3, -0.25) is 4.79 Å². The molecule has 0 aliphatic heterocycles. The molecule has 34 heavy (non-hydrogen) atoms. The van der Waals surface area contributed by atoms with E-state index in [0.717, 1.165) is 24.8 Å². The Morgan fingerprint density at radius 1 is 0.824 bits per heavy atom. The lowest BCUT2D eigenvalue weighted by molar-refractivity contribution is 0.0596. The SMILES string of the molecule is CCC.CCCCc1ccc(C(=O)N(Cc2ccccc2)C2c3ccccc3CC2CC)cc1. The average molecular weight is 456 g/mol. The van der Waals surface area contributed by atoms with Crippen molar-refractivity contribution in [1.82, 2.24) is 4.90 Å². The van der Waals surface area contributed by atoms with E-state index in [4.69, 9.17) is 0 Å². The number of fused-ring (bicyclic) bond motifs is 1. The highest BCUT2D eigenvalue weighted by atomic mass is 16.2. The fraction of sp³-hybridized carbons (Fsp3) is 0.406. The minimum absolute atomic E-state index is 0.119. The molecule has 0 saturated carbocycles. The lowest BCUT2D eigenvalue weighted by Crippen LogP contribution is -2.36. The van der Waals surface area contributed by atoms with Crippen LogP contribution < -0.4 is 0 Å². The van der Waals surface area contributed by atoms with Gasteiger partial charge in [0.05, 0.1) is 6.04 Å². The van der Waals surface area contributed by atoms with E-state index in [1.165, 1.54) is 41.5 Å². The molecule has 2 heteroatoms. The highest BCUT2D eigenvalue weighted by molar-refractivity contribution is 5.94. The van der Waals surface area contributed by atoms with Crippen LogP contribution >= 0.6 is 0 Å². The van der Waals surface area contributed by atoms with E-state index in [1.54, 1.807) is 0 Å². The van der Waals surface area contributed by atoms with Crippen molar-refractivity contribution in [2.75, 3.05) is 0 Å². The van der Waals surface area contributed by atoms with Crippen LogP contribution in [0.15, 0.2) is 78.9 Å². The highest BCUT2D eigenvalue weighted by Crippen LogP contribution is 2.43. The predicted molar refractivity (Wildman–Crippen MR) is 144 cm³/mol. The summed E-state index contributed by atoms with van der Waals surface area (Å²) in [6.45, 7) is 9.34. The Labute approximate surface area is 207 Å². The van der Waals surface area contributed by atoms with Crippen molar-refractivity contribution in [2.24, 2.45) is 5.92 Å². The molecule has 2 unspecified atom stereocenters. The van der Waals surface area contributed by atoms with E-state index in [2.05, 4.69) is 93.3 Å². The molecular weight excluding hydrogens is 414 g/mol. The van der Waals surface area contributed by atoms with Crippen molar-refractivity contribution in [3.63, 3.8) is 0 Å². The van der Waals surface area contributed by atoms with Crippen LogP contribution in [0.1, 0.15) is 92.0 Å². The second kappa shape index (κ2) is 13.1. The second-order valence-corrected chi connectivity index (χ2v) is 9.44. The Bertz CT molecular complexity index is 1010. The number of unbranched alkanes of at least 4 members (excludes halogenated alkanes) is 1. The van der Waals surface area contributed by atoms with E-state index in [-0.39, 0.29) is 11.9 Å². The van der Waals surface area contributed by atoms with Crippen molar-refractivity contribution in [3.05, 3.63) is 107 Å². The molecule has 0 aromatic heterocycles. The second-order valence-electron chi connectivity index (χ2n) is 9.44. The summed E-state index contributed by atoms with van der Waals surface area (Å²) in [5.41, 5.74) is 5.98. The summed E-state index contributed by atoms with van der Waals surface area (Å²) in [6, 6.07) is 27.5. The van der Waals surface area contributed by atoms with Gasteiger partial charge in [-0.25, -0.2) is 0 Å². The van der Waals surface area contributed by atoms with Crippen molar-refractivity contribution in [3.8, 4) is 0 Å². The molecule has 4 rings (SSSR count). The Hall–Kier alpha value is -2.87. The lowest BCUT2D eigenvalue weighted by atomic mass is 9.94. The van der Waals surface area contributed by atoms with Gasteiger partial charge >= 0.3 is 0 Å². The molecule has 0 fully saturated rings. The van der Waals surface area contributed by atoms with Gasteiger partial charge in [0.2, 0.25) is 0 Å². The van der Waals surface area contributed by atoms with Gasteiger partial charge in [-0.15, -0.1) is 0 Å². The van der Waals surface area contributed by atoms with Gasteiger partial charge in [0.25, 0.3) is 5.91 Å².